The smallest absolute Gasteiger partial charge is 0.0122 e. The second-order valence-corrected chi connectivity index (χ2v) is 5.86. The molecule has 0 unspecified atom stereocenters. The van der Waals surface area contributed by atoms with Gasteiger partial charge in [0, 0.05) is 24.7 Å². The summed E-state index contributed by atoms with van der Waals surface area (Å²) < 4.78 is 0. The van der Waals surface area contributed by atoms with E-state index in [4.69, 9.17) is 0 Å². The summed E-state index contributed by atoms with van der Waals surface area (Å²) in [4.78, 5) is 5.13. The lowest BCUT2D eigenvalue weighted by atomic mass is 10.1. The summed E-state index contributed by atoms with van der Waals surface area (Å²) in [6, 6.07) is 0.915. The Balaban J connectivity index is 2.26. The van der Waals surface area contributed by atoms with Crippen molar-refractivity contribution in [3.63, 3.8) is 0 Å². The van der Waals surface area contributed by atoms with Crippen LogP contribution in [0.15, 0.2) is 0 Å². The summed E-state index contributed by atoms with van der Waals surface area (Å²) in [7, 11) is 2.23. The molecule has 0 aromatic carbocycles. The number of hydrogen-bond donors (Lipinski definition) is 0. The van der Waals surface area contributed by atoms with Crippen molar-refractivity contribution in [2.45, 2.75) is 58.5 Å². The SMILES string of the molecule is CCCN(CCN(C)C(C)(C)C)C1CC1. The van der Waals surface area contributed by atoms with Crippen LogP contribution in [-0.2, 0) is 0 Å². The molecule has 2 heteroatoms. The van der Waals surface area contributed by atoms with Crippen molar-refractivity contribution < 1.29 is 0 Å². The maximum Gasteiger partial charge on any atom is 0.0122 e. The lowest BCUT2D eigenvalue weighted by molar-refractivity contribution is 0.142. The van der Waals surface area contributed by atoms with Gasteiger partial charge in [-0.15, -0.1) is 0 Å². The molecular formula is C13H28N2. The van der Waals surface area contributed by atoms with Crippen molar-refractivity contribution in [1.82, 2.24) is 9.80 Å². The minimum absolute atomic E-state index is 0.307. The molecule has 0 aromatic heterocycles. The van der Waals surface area contributed by atoms with Crippen LogP contribution < -0.4 is 0 Å². The normalized spacial score (nSPS) is 17.8. The Morgan fingerprint density at radius 2 is 1.67 bits per heavy atom. The molecular weight excluding hydrogens is 184 g/mol. The molecule has 0 amide bonds. The zero-order valence-electron chi connectivity index (χ0n) is 11.2. The molecule has 0 N–H and O–H groups in total. The lowest BCUT2D eigenvalue weighted by Crippen LogP contribution is -2.43. The van der Waals surface area contributed by atoms with Crippen molar-refractivity contribution in [1.29, 1.82) is 0 Å². The number of rotatable bonds is 6. The van der Waals surface area contributed by atoms with Crippen LogP contribution in [0.25, 0.3) is 0 Å². The first-order valence-electron chi connectivity index (χ1n) is 6.40. The average molecular weight is 212 g/mol. The Morgan fingerprint density at radius 1 is 1.07 bits per heavy atom. The molecule has 1 saturated carbocycles. The summed E-state index contributed by atoms with van der Waals surface area (Å²) in [5, 5.41) is 0. The fraction of sp³-hybridized carbons (Fsp3) is 1.00. The van der Waals surface area contributed by atoms with Crippen LogP contribution in [-0.4, -0.2) is 48.1 Å². The van der Waals surface area contributed by atoms with Crippen LogP contribution in [0.1, 0.15) is 47.0 Å². The van der Waals surface area contributed by atoms with Gasteiger partial charge in [0.1, 0.15) is 0 Å². The van der Waals surface area contributed by atoms with E-state index in [9.17, 15) is 0 Å². The molecule has 0 saturated heterocycles. The Morgan fingerprint density at radius 3 is 2.07 bits per heavy atom. The highest BCUT2D eigenvalue weighted by atomic mass is 15.2. The van der Waals surface area contributed by atoms with Gasteiger partial charge in [-0.25, -0.2) is 0 Å². The third-order valence-electron chi connectivity index (χ3n) is 3.44. The maximum atomic E-state index is 2.67. The zero-order chi connectivity index (χ0) is 11.5. The highest BCUT2D eigenvalue weighted by molar-refractivity contribution is 4.85. The summed E-state index contributed by atoms with van der Waals surface area (Å²) in [5.41, 5.74) is 0.307. The maximum absolute atomic E-state index is 2.67. The molecule has 0 atom stereocenters. The predicted molar refractivity (Wildman–Crippen MR) is 67.3 cm³/mol. The highest BCUT2D eigenvalue weighted by Crippen LogP contribution is 2.26. The fourth-order valence-corrected chi connectivity index (χ4v) is 1.82. The van der Waals surface area contributed by atoms with Crippen molar-refractivity contribution in [2.24, 2.45) is 0 Å². The molecule has 0 heterocycles. The van der Waals surface area contributed by atoms with Crippen LogP contribution in [0.3, 0.4) is 0 Å². The van der Waals surface area contributed by atoms with Gasteiger partial charge in [-0.3, -0.25) is 4.90 Å². The Bertz CT molecular complexity index is 179. The van der Waals surface area contributed by atoms with E-state index in [1.165, 1.54) is 38.9 Å². The Labute approximate surface area is 95.6 Å². The predicted octanol–water partition coefficient (Wildman–Crippen LogP) is 2.59. The molecule has 1 aliphatic rings. The Kier molecular flexibility index (Phi) is 4.60. The molecule has 0 aromatic rings. The summed E-state index contributed by atoms with van der Waals surface area (Å²) in [6.07, 6.45) is 4.15. The average Bonchev–Trinajstić information content (AvgIpc) is 2.93. The van der Waals surface area contributed by atoms with Crippen LogP contribution in [0.2, 0.25) is 0 Å². The topological polar surface area (TPSA) is 6.48 Å². The van der Waals surface area contributed by atoms with Crippen LogP contribution >= 0.6 is 0 Å². The van der Waals surface area contributed by atoms with Crippen LogP contribution in [0.4, 0.5) is 0 Å². The first kappa shape index (κ1) is 13.0. The van der Waals surface area contributed by atoms with E-state index in [0.29, 0.717) is 5.54 Å². The first-order chi connectivity index (χ1) is 6.95. The molecule has 0 radical (unpaired) electrons. The van der Waals surface area contributed by atoms with Crippen molar-refractivity contribution >= 4 is 0 Å². The second-order valence-electron chi connectivity index (χ2n) is 5.86. The van der Waals surface area contributed by atoms with Crippen molar-refractivity contribution in [3.05, 3.63) is 0 Å². The molecule has 0 bridgehead atoms. The Hall–Kier alpha value is -0.0800. The molecule has 15 heavy (non-hydrogen) atoms. The molecule has 1 fully saturated rings. The standard InChI is InChI=1S/C13H28N2/c1-6-9-15(12-7-8-12)11-10-14(5)13(2,3)4/h12H,6-11H2,1-5H3. The van der Waals surface area contributed by atoms with E-state index >= 15 is 0 Å². The minimum atomic E-state index is 0.307. The molecule has 0 spiro atoms. The highest BCUT2D eigenvalue weighted by Gasteiger charge is 2.28. The van der Waals surface area contributed by atoms with Crippen LogP contribution in [0, 0.1) is 0 Å². The minimum Gasteiger partial charge on any atom is -0.300 e. The van der Waals surface area contributed by atoms with E-state index in [-0.39, 0.29) is 0 Å². The number of nitrogens with zero attached hydrogens (tertiary/aromatic N) is 2. The third-order valence-corrected chi connectivity index (χ3v) is 3.44. The van der Waals surface area contributed by atoms with Gasteiger partial charge in [-0.2, -0.15) is 0 Å². The number of hydrogen-bond acceptors (Lipinski definition) is 2. The lowest BCUT2D eigenvalue weighted by Gasteiger charge is -2.34. The van der Waals surface area contributed by atoms with Gasteiger partial charge in [0.05, 0.1) is 0 Å². The van der Waals surface area contributed by atoms with Gasteiger partial charge >= 0.3 is 0 Å². The molecule has 90 valence electrons. The monoisotopic (exact) mass is 212 g/mol. The summed E-state index contributed by atoms with van der Waals surface area (Å²) in [5.74, 6) is 0. The van der Waals surface area contributed by atoms with E-state index in [1.807, 2.05) is 0 Å². The fourth-order valence-electron chi connectivity index (χ4n) is 1.82. The quantitative estimate of drug-likeness (QED) is 0.668. The van der Waals surface area contributed by atoms with E-state index in [1.54, 1.807) is 0 Å². The van der Waals surface area contributed by atoms with Crippen molar-refractivity contribution in [2.75, 3.05) is 26.7 Å². The summed E-state index contributed by atoms with van der Waals surface area (Å²) in [6.45, 7) is 12.9. The van der Waals surface area contributed by atoms with Gasteiger partial charge in [-0.05, 0) is 53.6 Å². The van der Waals surface area contributed by atoms with Crippen LogP contribution in [0.5, 0.6) is 0 Å². The van der Waals surface area contributed by atoms with Gasteiger partial charge in [0.25, 0.3) is 0 Å². The third kappa shape index (κ3) is 4.52. The molecule has 0 aliphatic heterocycles. The molecule has 1 aliphatic carbocycles. The van der Waals surface area contributed by atoms with E-state index in [2.05, 4.69) is 44.5 Å². The largest absolute Gasteiger partial charge is 0.300 e. The van der Waals surface area contributed by atoms with Gasteiger partial charge in [0.15, 0.2) is 0 Å². The van der Waals surface area contributed by atoms with Gasteiger partial charge < -0.3 is 4.90 Å². The first-order valence-corrected chi connectivity index (χ1v) is 6.40. The number of likely N-dealkylation sites (N-methyl/N-ethyl adjacent to an activating group) is 1. The summed E-state index contributed by atoms with van der Waals surface area (Å²) >= 11 is 0. The van der Waals surface area contributed by atoms with E-state index < -0.39 is 0 Å². The second kappa shape index (κ2) is 5.31. The molecule has 2 nitrogen and oxygen atoms in total. The zero-order valence-corrected chi connectivity index (χ0v) is 11.2. The van der Waals surface area contributed by atoms with E-state index in [0.717, 1.165) is 6.04 Å². The van der Waals surface area contributed by atoms with Gasteiger partial charge in [0.2, 0.25) is 0 Å². The van der Waals surface area contributed by atoms with Crippen molar-refractivity contribution in [3.8, 4) is 0 Å². The molecule has 1 rings (SSSR count). The van der Waals surface area contributed by atoms with Gasteiger partial charge in [-0.1, -0.05) is 6.92 Å².